The van der Waals surface area contributed by atoms with Gasteiger partial charge in [-0.25, -0.2) is 0 Å². The number of nitrogens with zero attached hydrogens (tertiary/aromatic N) is 1. The number of hydrogen-bond donors (Lipinski definition) is 2. The number of rotatable bonds is 3. The summed E-state index contributed by atoms with van der Waals surface area (Å²) in [5, 5.41) is 12.7. The van der Waals surface area contributed by atoms with Crippen LogP contribution in [-0.4, -0.2) is 47.1 Å². The molecule has 2 N–H and O–H groups in total. The fourth-order valence-electron chi connectivity index (χ4n) is 4.28. The summed E-state index contributed by atoms with van der Waals surface area (Å²) < 4.78 is 0.993. The van der Waals surface area contributed by atoms with Gasteiger partial charge in [0.15, 0.2) is 0 Å². The van der Waals surface area contributed by atoms with Crippen LogP contribution >= 0.6 is 15.9 Å². The van der Waals surface area contributed by atoms with E-state index in [0.717, 1.165) is 47.7 Å². The lowest BCUT2D eigenvalue weighted by Gasteiger charge is -2.35. The van der Waals surface area contributed by atoms with Gasteiger partial charge in [-0.15, -0.1) is 0 Å². The van der Waals surface area contributed by atoms with Crippen LogP contribution in [0.5, 0.6) is 0 Å². The molecule has 0 bridgehead atoms. The van der Waals surface area contributed by atoms with Gasteiger partial charge in [-0.3, -0.25) is 9.59 Å². The SMILES string of the molecule is O=C(CN1CC2(CC2)c2cc(Br)ccc2C1=O)N[C@H]1CCC[C@H](O)C1. The molecule has 4 rings (SSSR count). The highest BCUT2D eigenvalue weighted by atomic mass is 79.9. The Morgan fingerprint density at radius 2 is 2.16 bits per heavy atom. The van der Waals surface area contributed by atoms with Crippen LogP contribution in [0.1, 0.15) is 54.4 Å². The van der Waals surface area contributed by atoms with Gasteiger partial charge in [0, 0.05) is 28.0 Å². The van der Waals surface area contributed by atoms with Crippen LogP contribution in [-0.2, 0) is 10.2 Å². The Bertz CT molecular complexity index is 717. The van der Waals surface area contributed by atoms with E-state index in [2.05, 4.69) is 27.3 Å². The maximum atomic E-state index is 12.8. The van der Waals surface area contributed by atoms with E-state index in [1.807, 2.05) is 12.1 Å². The fraction of sp³-hybridized carbons (Fsp3) is 0.579. The summed E-state index contributed by atoms with van der Waals surface area (Å²) in [5.41, 5.74) is 1.89. The van der Waals surface area contributed by atoms with E-state index in [1.54, 1.807) is 4.90 Å². The molecule has 2 amide bonds. The molecular weight excluding hydrogens is 384 g/mol. The molecule has 2 fully saturated rings. The zero-order chi connectivity index (χ0) is 17.6. The molecule has 0 unspecified atom stereocenters. The van der Waals surface area contributed by atoms with Crippen LogP contribution in [0, 0.1) is 0 Å². The normalized spacial score (nSPS) is 27.1. The molecule has 2 atom stereocenters. The Morgan fingerprint density at radius 1 is 1.36 bits per heavy atom. The van der Waals surface area contributed by atoms with Gasteiger partial charge in [0.25, 0.3) is 5.91 Å². The summed E-state index contributed by atoms with van der Waals surface area (Å²) in [6.07, 6.45) is 5.06. The van der Waals surface area contributed by atoms with Crippen molar-refractivity contribution in [1.82, 2.24) is 10.2 Å². The Labute approximate surface area is 155 Å². The average Bonchev–Trinajstić information content (AvgIpc) is 3.33. The molecule has 25 heavy (non-hydrogen) atoms. The summed E-state index contributed by atoms with van der Waals surface area (Å²) in [6, 6.07) is 5.83. The van der Waals surface area contributed by atoms with Crippen molar-refractivity contribution in [2.24, 2.45) is 0 Å². The molecule has 0 aromatic heterocycles. The van der Waals surface area contributed by atoms with Crippen LogP contribution in [0.3, 0.4) is 0 Å². The third kappa shape index (κ3) is 3.34. The molecule has 6 heteroatoms. The van der Waals surface area contributed by atoms with Gasteiger partial charge in [0.05, 0.1) is 12.6 Å². The Morgan fingerprint density at radius 3 is 2.88 bits per heavy atom. The molecule has 2 saturated carbocycles. The third-order valence-corrected chi connectivity index (χ3v) is 6.26. The molecule has 1 spiro atoms. The molecule has 1 aromatic rings. The predicted octanol–water partition coefficient (Wildman–Crippen LogP) is 2.36. The molecule has 1 aromatic carbocycles. The van der Waals surface area contributed by atoms with Crippen molar-refractivity contribution in [2.45, 2.75) is 56.1 Å². The maximum Gasteiger partial charge on any atom is 0.254 e. The van der Waals surface area contributed by atoms with Gasteiger partial charge in [0.2, 0.25) is 5.91 Å². The second kappa shape index (κ2) is 6.40. The molecular formula is C19H23BrN2O3. The first kappa shape index (κ1) is 17.0. The van der Waals surface area contributed by atoms with Crippen molar-refractivity contribution in [3.8, 4) is 0 Å². The lowest BCUT2D eigenvalue weighted by molar-refractivity contribution is -0.123. The second-order valence-electron chi connectivity index (χ2n) is 7.72. The minimum atomic E-state index is -0.323. The molecule has 1 aliphatic heterocycles. The summed E-state index contributed by atoms with van der Waals surface area (Å²) in [6.45, 7) is 0.721. The van der Waals surface area contributed by atoms with Crippen LogP contribution in [0.25, 0.3) is 0 Å². The molecule has 5 nitrogen and oxygen atoms in total. The quantitative estimate of drug-likeness (QED) is 0.809. The van der Waals surface area contributed by atoms with E-state index in [-0.39, 0.29) is 35.9 Å². The smallest absolute Gasteiger partial charge is 0.254 e. The largest absolute Gasteiger partial charge is 0.393 e. The molecule has 3 aliphatic rings. The minimum Gasteiger partial charge on any atom is -0.393 e. The lowest BCUT2D eigenvalue weighted by atomic mass is 9.86. The number of carbonyl (C=O) groups is 2. The number of halogens is 1. The van der Waals surface area contributed by atoms with Crippen molar-refractivity contribution >= 4 is 27.7 Å². The van der Waals surface area contributed by atoms with Crippen molar-refractivity contribution in [2.75, 3.05) is 13.1 Å². The highest BCUT2D eigenvalue weighted by Crippen LogP contribution is 2.52. The zero-order valence-electron chi connectivity index (χ0n) is 14.1. The molecule has 0 radical (unpaired) electrons. The van der Waals surface area contributed by atoms with Gasteiger partial charge in [-0.1, -0.05) is 15.9 Å². The van der Waals surface area contributed by atoms with E-state index in [9.17, 15) is 14.7 Å². The average molecular weight is 407 g/mol. The van der Waals surface area contributed by atoms with Crippen LogP contribution in [0.15, 0.2) is 22.7 Å². The van der Waals surface area contributed by atoms with E-state index < -0.39 is 0 Å². The minimum absolute atomic E-state index is 0.0225. The van der Waals surface area contributed by atoms with Crippen molar-refractivity contribution in [3.05, 3.63) is 33.8 Å². The van der Waals surface area contributed by atoms with Crippen LogP contribution in [0.4, 0.5) is 0 Å². The molecule has 1 heterocycles. The summed E-state index contributed by atoms with van der Waals surface area (Å²) in [5.74, 6) is -0.178. The van der Waals surface area contributed by atoms with E-state index >= 15 is 0 Å². The highest BCUT2D eigenvalue weighted by molar-refractivity contribution is 9.10. The summed E-state index contributed by atoms with van der Waals surface area (Å²) in [4.78, 5) is 26.9. The third-order valence-electron chi connectivity index (χ3n) is 5.76. The van der Waals surface area contributed by atoms with Crippen molar-refractivity contribution in [3.63, 3.8) is 0 Å². The Kier molecular flexibility index (Phi) is 4.36. The van der Waals surface area contributed by atoms with E-state index in [4.69, 9.17) is 0 Å². The van der Waals surface area contributed by atoms with Crippen LogP contribution < -0.4 is 5.32 Å². The number of aliphatic hydroxyl groups is 1. The fourth-order valence-corrected chi connectivity index (χ4v) is 4.64. The number of amides is 2. The van der Waals surface area contributed by atoms with E-state index in [0.29, 0.717) is 13.0 Å². The first-order valence-corrected chi connectivity index (χ1v) is 9.83. The number of nitrogens with one attached hydrogen (secondary N) is 1. The first-order valence-electron chi connectivity index (χ1n) is 9.04. The van der Waals surface area contributed by atoms with E-state index in [1.165, 1.54) is 0 Å². The van der Waals surface area contributed by atoms with Gasteiger partial charge in [-0.05, 0) is 62.3 Å². The molecule has 0 saturated heterocycles. The molecule has 134 valence electrons. The Balaban J connectivity index is 1.46. The topological polar surface area (TPSA) is 69.6 Å². The Hall–Kier alpha value is -1.40. The predicted molar refractivity (Wildman–Crippen MR) is 97.4 cm³/mol. The van der Waals surface area contributed by atoms with Gasteiger partial charge in [-0.2, -0.15) is 0 Å². The molecule has 2 aliphatic carbocycles. The van der Waals surface area contributed by atoms with Crippen molar-refractivity contribution in [1.29, 1.82) is 0 Å². The first-order chi connectivity index (χ1) is 12.0. The zero-order valence-corrected chi connectivity index (χ0v) is 15.7. The lowest BCUT2D eigenvalue weighted by Crippen LogP contribution is -2.50. The number of fused-ring (bicyclic) bond motifs is 2. The van der Waals surface area contributed by atoms with Crippen LogP contribution in [0.2, 0.25) is 0 Å². The summed E-state index contributed by atoms with van der Waals surface area (Å²) >= 11 is 3.50. The number of hydrogen-bond acceptors (Lipinski definition) is 3. The number of benzene rings is 1. The second-order valence-corrected chi connectivity index (χ2v) is 8.63. The maximum absolute atomic E-state index is 12.8. The monoisotopic (exact) mass is 406 g/mol. The van der Waals surface area contributed by atoms with Gasteiger partial charge >= 0.3 is 0 Å². The van der Waals surface area contributed by atoms with Crippen molar-refractivity contribution < 1.29 is 14.7 Å². The van der Waals surface area contributed by atoms with Gasteiger partial charge < -0.3 is 15.3 Å². The number of aliphatic hydroxyl groups excluding tert-OH is 1. The number of carbonyl (C=O) groups excluding carboxylic acids is 2. The highest BCUT2D eigenvalue weighted by Gasteiger charge is 2.51. The standard InChI is InChI=1S/C19H23BrN2O3/c20-12-4-5-15-16(8-12)19(6-7-19)11-22(18(15)25)10-17(24)21-13-2-1-3-14(23)9-13/h4-5,8,13-14,23H,1-3,6-7,9-11H2,(H,21,24)/t13-,14-/m0/s1. The van der Waals surface area contributed by atoms with Gasteiger partial charge in [0.1, 0.15) is 0 Å². The summed E-state index contributed by atoms with van der Waals surface area (Å²) in [7, 11) is 0.